The fourth-order valence-corrected chi connectivity index (χ4v) is 3.41. The molecule has 1 heterocycles. The molecule has 82 valence electrons. The second kappa shape index (κ2) is 4.35. The number of hydrogen-bond donors (Lipinski definition) is 1. The van der Waals surface area contributed by atoms with Crippen LogP contribution in [0.15, 0.2) is 6.07 Å². The van der Waals surface area contributed by atoms with E-state index in [9.17, 15) is 4.79 Å². The molecule has 1 unspecified atom stereocenters. The number of carboxylic acids is 1. The van der Waals surface area contributed by atoms with Gasteiger partial charge >= 0.3 is 5.97 Å². The number of thiophene rings is 1. The van der Waals surface area contributed by atoms with Gasteiger partial charge in [-0.15, -0.1) is 11.3 Å². The van der Waals surface area contributed by atoms with Crippen LogP contribution in [0.3, 0.4) is 0 Å². The maximum atomic E-state index is 10.8. The third-order valence-corrected chi connectivity index (χ3v) is 4.32. The number of hydrogen-bond acceptors (Lipinski definition) is 2. The van der Waals surface area contributed by atoms with Crippen molar-refractivity contribution in [1.29, 1.82) is 0 Å². The first-order chi connectivity index (χ1) is 7.20. The number of carbonyl (C=O) groups is 1. The smallest absolute Gasteiger partial charge is 0.345 e. The van der Waals surface area contributed by atoms with E-state index in [1.807, 2.05) is 6.07 Å². The van der Waals surface area contributed by atoms with Gasteiger partial charge < -0.3 is 5.11 Å². The minimum Gasteiger partial charge on any atom is -0.477 e. The fraction of sp³-hybridized carbons (Fsp3) is 0.583. The summed E-state index contributed by atoms with van der Waals surface area (Å²) in [5, 5.41) is 8.91. The molecule has 3 heteroatoms. The Hall–Kier alpha value is -0.830. The largest absolute Gasteiger partial charge is 0.477 e. The third kappa shape index (κ3) is 2.23. The average Bonchev–Trinajstić information content (AvgIpc) is 2.61. The zero-order chi connectivity index (χ0) is 10.8. The molecule has 0 saturated heterocycles. The van der Waals surface area contributed by atoms with Crippen LogP contribution in [0.1, 0.15) is 46.3 Å². The Kier molecular flexibility index (Phi) is 3.10. The van der Waals surface area contributed by atoms with E-state index < -0.39 is 5.97 Å². The summed E-state index contributed by atoms with van der Waals surface area (Å²) < 4.78 is 0. The standard InChI is InChI=1S/C12H16O2S/c1-2-3-8-4-5-10-9(6-8)7-11(15-10)12(13)14/h7-8H,2-6H2,1H3,(H,13,14). The first-order valence-electron chi connectivity index (χ1n) is 5.55. The van der Waals surface area contributed by atoms with Gasteiger partial charge in [0.05, 0.1) is 0 Å². The van der Waals surface area contributed by atoms with Crippen LogP contribution in [0.25, 0.3) is 0 Å². The summed E-state index contributed by atoms with van der Waals surface area (Å²) in [6.45, 7) is 2.21. The Balaban J connectivity index is 2.15. The molecule has 1 aliphatic carbocycles. The second-order valence-corrected chi connectivity index (χ2v) is 5.40. The Bertz CT molecular complexity index is 368. The molecule has 2 rings (SSSR count). The van der Waals surface area contributed by atoms with E-state index in [1.165, 1.54) is 41.0 Å². The highest BCUT2D eigenvalue weighted by molar-refractivity contribution is 7.14. The summed E-state index contributed by atoms with van der Waals surface area (Å²) in [5.74, 6) is 0.000173. The van der Waals surface area contributed by atoms with Gasteiger partial charge in [0.15, 0.2) is 0 Å². The SMILES string of the molecule is CCCC1CCc2sc(C(=O)O)cc2C1. The fourth-order valence-electron chi connectivity index (χ4n) is 2.36. The van der Waals surface area contributed by atoms with E-state index in [1.54, 1.807) is 0 Å². The maximum absolute atomic E-state index is 10.8. The van der Waals surface area contributed by atoms with Crippen LogP contribution in [-0.2, 0) is 12.8 Å². The van der Waals surface area contributed by atoms with Gasteiger partial charge in [-0.2, -0.15) is 0 Å². The number of carboxylic acid groups (broad SMARTS) is 1. The molecule has 15 heavy (non-hydrogen) atoms. The summed E-state index contributed by atoms with van der Waals surface area (Å²) in [7, 11) is 0. The van der Waals surface area contributed by atoms with Crippen molar-refractivity contribution in [1.82, 2.24) is 0 Å². The topological polar surface area (TPSA) is 37.3 Å². The highest BCUT2D eigenvalue weighted by Crippen LogP contribution is 2.33. The molecule has 2 nitrogen and oxygen atoms in total. The first kappa shape index (κ1) is 10.7. The highest BCUT2D eigenvalue weighted by Gasteiger charge is 2.22. The van der Waals surface area contributed by atoms with Gasteiger partial charge in [0.25, 0.3) is 0 Å². The van der Waals surface area contributed by atoms with Crippen LogP contribution in [-0.4, -0.2) is 11.1 Å². The van der Waals surface area contributed by atoms with E-state index in [0.29, 0.717) is 4.88 Å². The van der Waals surface area contributed by atoms with Gasteiger partial charge in [0, 0.05) is 4.88 Å². The highest BCUT2D eigenvalue weighted by atomic mass is 32.1. The van der Waals surface area contributed by atoms with E-state index in [-0.39, 0.29) is 0 Å². The molecule has 1 aliphatic rings. The molecule has 0 saturated carbocycles. The Morgan fingerprint density at radius 1 is 1.67 bits per heavy atom. The number of rotatable bonds is 3. The monoisotopic (exact) mass is 224 g/mol. The summed E-state index contributed by atoms with van der Waals surface area (Å²) in [6.07, 6.45) is 5.92. The van der Waals surface area contributed by atoms with Crippen molar-refractivity contribution in [2.45, 2.75) is 39.0 Å². The molecule has 1 N–H and O–H groups in total. The normalized spacial score (nSPS) is 19.9. The molecule has 1 atom stereocenters. The van der Waals surface area contributed by atoms with Crippen molar-refractivity contribution < 1.29 is 9.90 Å². The molecule has 1 aromatic heterocycles. The minimum absolute atomic E-state index is 0.511. The molecule has 0 radical (unpaired) electrons. The molecule has 1 aromatic rings. The Morgan fingerprint density at radius 3 is 3.13 bits per heavy atom. The average molecular weight is 224 g/mol. The number of aromatic carboxylic acids is 1. The molecular formula is C12H16O2S. The third-order valence-electron chi connectivity index (χ3n) is 3.09. The molecular weight excluding hydrogens is 208 g/mol. The second-order valence-electron chi connectivity index (χ2n) is 4.26. The molecule has 0 fully saturated rings. The van der Waals surface area contributed by atoms with Gasteiger partial charge in [-0.1, -0.05) is 19.8 Å². The summed E-state index contributed by atoms with van der Waals surface area (Å²) >= 11 is 1.46. The first-order valence-corrected chi connectivity index (χ1v) is 6.37. The van der Waals surface area contributed by atoms with Crippen molar-refractivity contribution in [2.75, 3.05) is 0 Å². The van der Waals surface area contributed by atoms with Crippen LogP contribution >= 0.6 is 11.3 Å². The van der Waals surface area contributed by atoms with Crippen LogP contribution < -0.4 is 0 Å². The van der Waals surface area contributed by atoms with Gasteiger partial charge in [-0.3, -0.25) is 0 Å². The molecule has 0 aromatic carbocycles. The molecule has 0 aliphatic heterocycles. The zero-order valence-corrected chi connectivity index (χ0v) is 9.77. The predicted molar refractivity (Wildman–Crippen MR) is 61.7 cm³/mol. The van der Waals surface area contributed by atoms with Gasteiger partial charge in [-0.05, 0) is 36.8 Å². The lowest BCUT2D eigenvalue weighted by molar-refractivity contribution is 0.0702. The molecule has 0 amide bonds. The predicted octanol–water partition coefficient (Wildman–Crippen LogP) is 3.35. The Labute approximate surface area is 93.9 Å². The van der Waals surface area contributed by atoms with Crippen LogP contribution in [0.5, 0.6) is 0 Å². The maximum Gasteiger partial charge on any atom is 0.345 e. The van der Waals surface area contributed by atoms with Crippen molar-refractivity contribution >= 4 is 17.3 Å². The number of fused-ring (bicyclic) bond motifs is 1. The van der Waals surface area contributed by atoms with Crippen LogP contribution in [0, 0.1) is 5.92 Å². The summed E-state index contributed by atoms with van der Waals surface area (Å²) in [5.41, 5.74) is 1.29. The van der Waals surface area contributed by atoms with Gasteiger partial charge in [-0.25, -0.2) is 4.79 Å². The molecule has 0 bridgehead atoms. The van der Waals surface area contributed by atoms with E-state index in [0.717, 1.165) is 18.8 Å². The van der Waals surface area contributed by atoms with Crippen molar-refractivity contribution in [3.8, 4) is 0 Å². The zero-order valence-electron chi connectivity index (χ0n) is 8.95. The summed E-state index contributed by atoms with van der Waals surface area (Å²) in [4.78, 5) is 12.7. The number of aryl methyl sites for hydroxylation is 1. The molecule has 0 spiro atoms. The van der Waals surface area contributed by atoms with E-state index in [2.05, 4.69) is 6.92 Å². The lowest BCUT2D eigenvalue weighted by Gasteiger charge is -2.21. The summed E-state index contributed by atoms with van der Waals surface area (Å²) in [6, 6.07) is 1.88. The van der Waals surface area contributed by atoms with E-state index in [4.69, 9.17) is 5.11 Å². The lowest BCUT2D eigenvalue weighted by atomic mass is 9.85. The van der Waals surface area contributed by atoms with Crippen LogP contribution in [0.4, 0.5) is 0 Å². The van der Waals surface area contributed by atoms with Gasteiger partial charge in [0.2, 0.25) is 0 Å². The van der Waals surface area contributed by atoms with Crippen molar-refractivity contribution in [2.24, 2.45) is 5.92 Å². The quantitative estimate of drug-likeness (QED) is 0.854. The van der Waals surface area contributed by atoms with E-state index >= 15 is 0 Å². The lowest BCUT2D eigenvalue weighted by Crippen LogP contribution is -2.11. The van der Waals surface area contributed by atoms with Crippen molar-refractivity contribution in [3.63, 3.8) is 0 Å². The van der Waals surface area contributed by atoms with Crippen molar-refractivity contribution in [3.05, 3.63) is 21.4 Å². The van der Waals surface area contributed by atoms with Gasteiger partial charge in [0.1, 0.15) is 4.88 Å². The minimum atomic E-state index is -0.776. The van der Waals surface area contributed by atoms with Crippen LogP contribution in [0.2, 0.25) is 0 Å². The Morgan fingerprint density at radius 2 is 2.47 bits per heavy atom.